The lowest BCUT2D eigenvalue weighted by molar-refractivity contribution is -0.129. The zero-order chi connectivity index (χ0) is 19.4. The minimum atomic E-state index is -0.516. The molecule has 1 fully saturated rings. The first-order valence-electron chi connectivity index (χ1n) is 8.86. The summed E-state index contributed by atoms with van der Waals surface area (Å²) in [5.74, 6) is -0.603. The fourth-order valence-corrected chi connectivity index (χ4v) is 3.36. The number of nitrogens with zero attached hydrogens (tertiary/aromatic N) is 2. The normalized spacial score (nSPS) is 19.7. The molecular weight excluding hydrogens is 348 g/mol. The quantitative estimate of drug-likeness (QED) is 0.459. The van der Waals surface area contributed by atoms with Crippen LogP contribution in [0, 0.1) is 0 Å². The molecule has 0 aliphatic carbocycles. The van der Waals surface area contributed by atoms with Crippen molar-refractivity contribution in [2.75, 3.05) is 25.8 Å². The molecule has 1 saturated heterocycles. The van der Waals surface area contributed by atoms with E-state index in [0.717, 1.165) is 18.2 Å². The lowest BCUT2D eigenvalue weighted by Gasteiger charge is -2.38. The number of carbonyl (C=O) groups is 2. The largest absolute Gasteiger partial charge is 0.435 e. The summed E-state index contributed by atoms with van der Waals surface area (Å²) in [6, 6.07) is 2.01. The number of esters is 1. The lowest BCUT2D eigenvalue weighted by Crippen LogP contribution is -2.49. The zero-order valence-corrected chi connectivity index (χ0v) is 15.5. The Morgan fingerprint density at radius 2 is 2.30 bits per heavy atom. The topological polar surface area (TPSA) is 96.6 Å². The van der Waals surface area contributed by atoms with Crippen LogP contribution in [-0.4, -0.2) is 59.3 Å². The summed E-state index contributed by atoms with van der Waals surface area (Å²) in [6.07, 6.45) is 6.33. The van der Waals surface area contributed by atoms with Crippen LogP contribution in [0.15, 0.2) is 31.1 Å². The van der Waals surface area contributed by atoms with Gasteiger partial charge in [0.1, 0.15) is 11.2 Å². The number of hydrogen-bond acceptors (Lipinski definition) is 6. The number of amides is 1. The van der Waals surface area contributed by atoms with E-state index in [2.05, 4.69) is 21.9 Å². The molecule has 0 radical (unpaired) electrons. The van der Waals surface area contributed by atoms with E-state index < -0.39 is 5.97 Å². The Morgan fingerprint density at radius 3 is 3.04 bits per heavy atom. The Bertz CT molecular complexity index is 847. The Kier molecular flexibility index (Phi) is 5.75. The van der Waals surface area contributed by atoms with E-state index in [1.54, 1.807) is 11.1 Å². The summed E-state index contributed by atoms with van der Waals surface area (Å²) >= 11 is 0. The van der Waals surface area contributed by atoms with Crippen molar-refractivity contribution in [3.05, 3.63) is 36.7 Å². The second kappa shape index (κ2) is 8.22. The number of piperidine rings is 1. The monoisotopic (exact) mass is 372 g/mol. The fourth-order valence-electron chi connectivity index (χ4n) is 3.36. The van der Waals surface area contributed by atoms with Gasteiger partial charge in [-0.25, -0.2) is 9.78 Å². The molecule has 3 heterocycles. The van der Waals surface area contributed by atoms with Crippen LogP contribution in [0.1, 0.15) is 30.1 Å². The minimum absolute atomic E-state index is 0.000393. The summed E-state index contributed by atoms with van der Waals surface area (Å²) < 4.78 is 9.91. The molecule has 144 valence electrons. The average Bonchev–Trinajstić information content (AvgIpc) is 3.16. The molecule has 27 heavy (non-hydrogen) atoms. The lowest BCUT2D eigenvalue weighted by atomic mass is 9.98. The highest BCUT2D eigenvalue weighted by atomic mass is 16.7. The summed E-state index contributed by atoms with van der Waals surface area (Å²) in [6.45, 7) is 6.01. The van der Waals surface area contributed by atoms with Gasteiger partial charge in [-0.1, -0.05) is 6.58 Å². The van der Waals surface area contributed by atoms with Gasteiger partial charge in [0.15, 0.2) is 6.79 Å². The van der Waals surface area contributed by atoms with Crippen molar-refractivity contribution in [1.82, 2.24) is 14.9 Å². The van der Waals surface area contributed by atoms with Crippen molar-refractivity contribution in [3.63, 3.8) is 0 Å². The number of pyridine rings is 1. The van der Waals surface area contributed by atoms with Crippen LogP contribution in [0.25, 0.3) is 11.0 Å². The number of aromatic amines is 1. The van der Waals surface area contributed by atoms with E-state index in [-0.39, 0.29) is 24.8 Å². The molecule has 3 rings (SSSR count). The second-order valence-electron chi connectivity index (χ2n) is 6.59. The van der Waals surface area contributed by atoms with Gasteiger partial charge >= 0.3 is 5.97 Å². The van der Waals surface area contributed by atoms with Gasteiger partial charge in [-0.2, -0.15) is 0 Å². The number of aromatic nitrogens is 2. The van der Waals surface area contributed by atoms with Crippen molar-refractivity contribution in [3.8, 4) is 0 Å². The second-order valence-corrected chi connectivity index (χ2v) is 6.59. The number of nitrogens with one attached hydrogen (secondary N) is 2. The molecule has 0 spiro atoms. The maximum atomic E-state index is 12.4. The van der Waals surface area contributed by atoms with Crippen LogP contribution in [0.4, 0.5) is 5.69 Å². The molecule has 0 aromatic carbocycles. The van der Waals surface area contributed by atoms with Gasteiger partial charge in [-0.3, -0.25) is 4.79 Å². The maximum Gasteiger partial charge on any atom is 0.343 e. The number of methoxy groups -OCH3 is 1. The van der Waals surface area contributed by atoms with Crippen LogP contribution < -0.4 is 5.32 Å². The third-order valence-electron chi connectivity index (χ3n) is 4.80. The molecule has 0 saturated carbocycles. The molecule has 1 aliphatic heterocycles. The summed E-state index contributed by atoms with van der Waals surface area (Å²) in [5, 5.41) is 4.23. The summed E-state index contributed by atoms with van der Waals surface area (Å²) in [4.78, 5) is 33.7. The minimum Gasteiger partial charge on any atom is -0.435 e. The predicted molar refractivity (Wildman–Crippen MR) is 101 cm³/mol. The number of anilines is 1. The smallest absolute Gasteiger partial charge is 0.343 e. The molecule has 2 aromatic heterocycles. The Balaban J connectivity index is 1.88. The Hall–Kier alpha value is -2.87. The van der Waals surface area contributed by atoms with Crippen LogP contribution in [0.3, 0.4) is 0 Å². The van der Waals surface area contributed by atoms with Crippen LogP contribution >= 0.6 is 0 Å². The van der Waals surface area contributed by atoms with Crippen LogP contribution in [-0.2, 0) is 14.3 Å². The molecule has 0 bridgehead atoms. The van der Waals surface area contributed by atoms with Crippen LogP contribution in [0.5, 0.6) is 0 Å². The van der Waals surface area contributed by atoms with Gasteiger partial charge in [0.2, 0.25) is 5.91 Å². The predicted octanol–water partition coefficient (Wildman–Crippen LogP) is 2.30. The molecule has 2 N–H and O–H groups in total. The maximum absolute atomic E-state index is 12.4. The summed E-state index contributed by atoms with van der Waals surface area (Å²) in [7, 11) is 1.45. The molecule has 8 heteroatoms. The first-order chi connectivity index (χ1) is 13.0. The molecule has 8 nitrogen and oxygen atoms in total. The average molecular weight is 372 g/mol. The number of likely N-dealkylation sites (tertiary alicyclic amines) is 1. The number of fused-ring (bicyclic) bond motifs is 1. The zero-order valence-electron chi connectivity index (χ0n) is 15.5. The van der Waals surface area contributed by atoms with E-state index in [1.807, 2.05) is 13.0 Å². The number of H-pyrrole nitrogens is 1. The van der Waals surface area contributed by atoms with Crippen molar-refractivity contribution >= 4 is 28.6 Å². The van der Waals surface area contributed by atoms with Crippen molar-refractivity contribution < 1.29 is 19.1 Å². The number of carbonyl (C=O) groups excluding carboxylic acids is 2. The third kappa shape index (κ3) is 3.95. The molecule has 1 amide bonds. The standard InChI is InChI=1S/C19H24N4O4/c1-4-16(24)23-10-13(6-5-12(23)2)22-17-14-7-8-20-18(14)21-9-15(17)19(25)27-11-26-3/h4,7-9,12-13H,1,5-6,10-11H2,2-3H3,(H2,20,21,22)/t12-,13+/m0/s1. The van der Waals surface area contributed by atoms with Crippen LogP contribution in [0.2, 0.25) is 0 Å². The molecule has 2 aromatic rings. The molecule has 1 aliphatic rings. The van der Waals surface area contributed by atoms with E-state index in [9.17, 15) is 9.59 Å². The van der Waals surface area contributed by atoms with Gasteiger partial charge in [-0.05, 0) is 31.9 Å². The van der Waals surface area contributed by atoms with Gasteiger partial charge in [0.25, 0.3) is 0 Å². The number of rotatable bonds is 6. The van der Waals surface area contributed by atoms with Gasteiger partial charge in [-0.15, -0.1) is 0 Å². The van der Waals surface area contributed by atoms with E-state index in [4.69, 9.17) is 9.47 Å². The summed E-state index contributed by atoms with van der Waals surface area (Å²) in [5.41, 5.74) is 1.65. The molecule has 2 atom stereocenters. The third-order valence-corrected chi connectivity index (χ3v) is 4.80. The van der Waals surface area contributed by atoms with Crippen molar-refractivity contribution in [1.29, 1.82) is 0 Å². The number of hydrogen-bond donors (Lipinski definition) is 2. The van der Waals surface area contributed by atoms with E-state index >= 15 is 0 Å². The first-order valence-corrected chi connectivity index (χ1v) is 8.86. The highest BCUT2D eigenvalue weighted by Crippen LogP contribution is 2.29. The fraction of sp³-hybridized carbons (Fsp3) is 0.421. The van der Waals surface area contributed by atoms with Gasteiger partial charge < -0.3 is 24.7 Å². The Labute approximate surface area is 157 Å². The highest BCUT2D eigenvalue weighted by Gasteiger charge is 2.29. The van der Waals surface area contributed by atoms with Gasteiger partial charge in [0, 0.05) is 43.5 Å². The van der Waals surface area contributed by atoms with E-state index in [0.29, 0.717) is 23.4 Å². The van der Waals surface area contributed by atoms with Crippen molar-refractivity contribution in [2.45, 2.75) is 31.8 Å². The van der Waals surface area contributed by atoms with Gasteiger partial charge in [0.05, 0.1) is 5.69 Å². The van der Waals surface area contributed by atoms with E-state index in [1.165, 1.54) is 19.4 Å². The Morgan fingerprint density at radius 1 is 1.48 bits per heavy atom. The number of ether oxygens (including phenoxy) is 2. The first kappa shape index (κ1) is 18.9. The molecular formula is C19H24N4O4. The highest BCUT2D eigenvalue weighted by molar-refractivity contribution is 6.04. The SMILES string of the molecule is C=CC(=O)N1C[C@H](Nc2c(C(=O)OCOC)cnc3[nH]ccc23)CC[C@@H]1C. The van der Waals surface area contributed by atoms with Crippen molar-refractivity contribution in [2.24, 2.45) is 0 Å². The molecule has 0 unspecified atom stereocenters.